The van der Waals surface area contributed by atoms with E-state index in [0.717, 1.165) is 0 Å². The molecule has 1 fully saturated rings. The van der Waals surface area contributed by atoms with Crippen molar-refractivity contribution in [2.75, 3.05) is 5.73 Å². The molecule has 0 aromatic carbocycles. The minimum absolute atomic E-state index is 0.0323. The van der Waals surface area contributed by atoms with Crippen LogP contribution in [0.2, 0.25) is 0 Å². The fourth-order valence-electron chi connectivity index (χ4n) is 2.36. The van der Waals surface area contributed by atoms with Gasteiger partial charge in [0, 0.05) is 11.2 Å². The van der Waals surface area contributed by atoms with Gasteiger partial charge in [-0.05, 0) is 0 Å². The molecule has 1 saturated heterocycles. The number of imidazole rings is 1. The van der Waals surface area contributed by atoms with Crippen LogP contribution in [0.3, 0.4) is 0 Å². The first-order valence-electron chi connectivity index (χ1n) is 6.31. The number of anilines is 1. The van der Waals surface area contributed by atoms with E-state index in [4.69, 9.17) is 10.5 Å². The van der Waals surface area contributed by atoms with Crippen LogP contribution in [0.25, 0.3) is 11.2 Å². The Labute approximate surface area is 132 Å². The average Bonchev–Trinajstić information content (AvgIpc) is 2.95. The van der Waals surface area contributed by atoms with Crippen LogP contribution in [0.1, 0.15) is 6.42 Å². The van der Waals surface area contributed by atoms with E-state index in [-0.39, 0.29) is 29.3 Å². The van der Waals surface area contributed by atoms with Crippen molar-refractivity contribution in [2.24, 2.45) is 0 Å². The molecule has 12 heteroatoms. The molecule has 3 heterocycles. The number of fused-ring (bicyclic) bond motifs is 1. The molecule has 0 radical (unpaired) electrons. The fraction of sp³-hybridized carbons (Fsp3) is 0.500. The minimum Gasteiger partial charge on any atom is -0.369 e. The van der Waals surface area contributed by atoms with Gasteiger partial charge in [-0.15, -0.1) is 0 Å². The van der Waals surface area contributed by atoms with Crippen molar-refractivity contribution in [1.82, 2.24) is 19.5 Å². The van der Waals surface area contributed by atoms with Gasteiger partial charge in [-0.1, -0.05) is 15.9 Å². The summed E-state index contributed by atoms with van der Waals surface area (Å²) in [6, 6.07) is 0. The maximum atomic E-state index is 11.7. The number of halogens is 1. The van der Waals surface area contributed by atoms with E-state index < -0.39 is 25.1 Å². The summed E-state index contributed by atoms with van der Waals surface area (Å²) < 4.78 is 18.3. The molecule has 2 aromatic rings. The lowest BCUT2D eigenvalue weighted by Gasteiger charge is -2.16. The maximum absolute atomic E-state index is 11.7. The van der Waals surface area contributed by atoms with Gasteiger partial charge in [0.25, 0.3) is 5.56 Å². The molecule has 3 rings (SSSR count). The van der Waals surface area contributed by atoms with Crippen LogP contribution >= 0.6 is 23.5 Å². The standard InChI is InChI=1S/C10H13BrN5O5P/c11-4-1-6(22(18,19)20)21-5(4)2-16-3-13-7-8(16)14-10(12)15-9(7)17/h3-6H,1-2H2,(H2,18,19,20)(H3,12,14,15,17)/t4-,5-,6+/m1/s1. The Hall–Kier alpha value is -1.26. The van der Waals surface area contributed by atoms with Crippen molar-refractivity contribution in [3.05, 3.63) is 16.7 Å². The summed E-state index contributed by atoms with van der Waals surface area (Å²) in [7, 11) is -4.31. The summed E-state index contributed by atoms with van der Waals surface area (Å²) >= 11 is 3.36. The Balaban J connectivity index is 1.88. The highest BCUT2D eigenvalue weighted by molar-refractivity contribution is 9.09. The number of aromatic amines is 1. The van der Waals surface area contributed by atoms with E-state index in [0.29, 0.717) is 5.65 Å². The summed E-state index contributed by atoms with van der Waals surface area (Å²) in [5.74, 6) is -1.17. The van der Waals surface area contributed by atoms with E-state index in [1.807, 2.05) is 0 Å². The lowest BCUT2D eigenvalue weighted by atomic mass is 10.2. The second-order valence-electron chi connectivity index (χ2n) is 4.99. The molecule has 3 atom stereocenters. The summed E-state index contributed by atoms with van der Waals surface area (Å²) in [6.07, 6.45) is 1.12. The predicted molar refractivity (Wildman–Crippen MR) is 80.6 cm³/mol. The molecular formula is C10H13BrN5O5P. The molecule has 2 aromatic heterocycles. The number of nitrogen functional groups attached to an aromatic ring is 1. The van der Waals surface area contributed by atoms with Crippen molar-refractivity contribution >= 4 is 40.6 Å². The number of H-pyrrole nitrogens is 1. The number of alkyl halides is 1. The summed E-state index contributed by atoms with van der Waals surface area (Å²) in [4.78, 5) is 40.2. The van der Waals surface area contributed by atoms with E-state index in [1.165, 1.54) is 6.33 Å². The first kappa shape index (κ1) is 15.6. The van der Waals surface area contributed by atoms with Crippen molar-refractivity contribution in [1.29, 1.82) is 0 Å². The zero-order valence-corrected chi connectivity index (χ0v) is 13.6. The Morgan fingerprint density at radius 3 is 2.95 bits per heavy atom. The van der Waals surface area contributed by atoms with E-state index in [9.17, 15) is 19.1 Å². The van der Waals surface area contributed by atoms with Crippen molar-refractivity contribution in [3.63, 3.8) is 0 Å². The van der Waals surface area contributed by atoms with Gasteiger partial charge < -0.3 is 24.8 Å². The largest absolute Gasteiger partial charge is 0.369 e. The molecule has 0 bridgehead atoms. The lowest BCUT2D eigenvalue weighted by Crippen LogP contribution is -2.23. The van der Waals surface area contributed by atoms with Gasteiger partial charge in [-0.2, -0.15) is 4.98 Å². The number of nitrogens with two attached hydrogens (primary N) is 1. The van der Waals surface area contributed by atoms with Crippen LogP contribution in [-0.2, 0) is 15.8 Å². The highest BCUT2D eigenvalue weighted by Crippen LogP contribution is 2.49. The van der Waals surface area contributed by atoms with Gasteiger partial charge in [-0.25, -0.2) is 4.98 Å². The topological polar surface area (TPSA) is 156 Å². The predicted octanol–water partition coefficient (Wildman–Crippen LogP) is -0.242. The van der Waals surface area contributed by atoms with E-state index in [2.05, 4.69) is 30.9 Å². The monoisotopic (exact) mass is 393 g/mol. The summed E-state index contributed by atoms with van der Waals surface area (Å²) in [5, 5.41) is 0. The molecule has 0 aliphatic carbocycles. The number of hydrogen-bond donors (Lipinski definition) is 4. The van der Waals surface area contributed by atoms with Crippen LogP contribution in [-0.4, -0.2) is 46.1 Å². The molecule has 120 valence electrons. The molecule has 1 aliphatic heterocycles. The molecule has 0 amide bonds. The van der Waals surface area contributed by atoms with Gasteiger partial charge in [0.05, 0.1) is 19.0 Å². The van der Waals surface area contributed by atoms with E-state index in [1.54, 1.807) is 4.57 Å². The van der Waals surface area contributed by atoms with Crippen LogP contribution in [0, 0.1) is 0 Å². The lowest BCUT2D eigenvalue weighted by molar-refractivity contribution is 0.0639. The van der Waals surface area contributed by atoms with Crippen LogP contribution in [0.15, 0.2) is 11.1 Å². The zero-order chi connectivity index (χ0) is 16.1. The Morgan fingerprint density at radius 2 is 2.32 bits per heavy atom. The molecule has 5 N–H and O–H groups in total. The molecule has 22 heavy (non-hydrogen) atoms. The number of nitrogens with zero attached hydrogens (tertiary/aromatic N) is 3. The van der Waals surface area contributed by atoms with Gasteiger partial charge in [0.1, 0.15) is 0 Å². The van der Waals surface area contributed by atoms with Crippen molar-refractivity contribution in [3.8, 4) is 0 Å². The Kier molecular flexibility index (Phi) is 3.86. The highest BCUT2D eigenvalue weighted by atomic mass is 79.9. The van der Waals surface area contributed by atoms with Gasteiger partial charge in [-0.3, -0.25) is 14.3 Å². The fourth-order valence-corrected chi connectivity index (χ4v) is 4.10. The molecule has 0 unspecified atom stereocenters. The SMILES string of the molecule is Nc1nc2c(ncn2C[C@H]2O[C@@H](P(=O)(O)O)C[C@H]2Br)c(=O)[nH]1. The maximum Gasteiger partial charge on any atom is 0.354 e. The smallest absolute Gasteiger partial charge is 0.354 e. The van der Waals surface area contributed by atoms with Gasteiger partial charge in [0.2, 0.25) is 5.95 Å². The van der Waals surface area contributed by atoms with Crippen molar-refractivity contribution in [2.45, 2.75) is 29.7 Å². The van der Waals surface area contributed by atoms with E-state index >= 15 is 0 Å². The minimum atomic E-state index is -4.31. The second-order valence-corrected chi connectivity index (χ2v) is 7.92. The first-order valence-corrected chi connectivity index (χ1v) is 8.91. The van der Waals surface area contributed by atoms with Gasteiger partial charge >= 0.3 is 7.60 Å². The second kappa shape index (κ2) is 5.43. The molecule has 0 saturated carbocycles. The number of hydrogen-bond acceptors (Lipinski definition) is 6. The normalized spacial score (nSPS) is 25.9. The van der Waals surface area contributed by atoms with Gasteiger partial charge in [0.15, 0.2) is 17.0 Å². The Bertz CT molecular complexity index is 816. The quantitative estimate of drug-likeness (QED) is 0.410. The molecule has 10 nitrogen and oxygen atoms in total. The third-order valence-electron chi connectivity index (χ3n) is 3.41. The molecular weight excluding hydrogens is 381 g/mol. The number of nitrogens with one attached hydrogen (secondary N) is 1. The number of aromatic nitrogens is 4. The van der Waals surface area contributed by atoms with Crippen molar-refractivity contribution < 1.29 is 19.1 Å². The van der Waals surface area contributed by atoms with Crippen LogP contribution in [0.4, 0.5) is 5.95 Å². The third kappa shape index (κ3) is 2.82. The Morgan fingerprint density at radius 1 is 1.59 bits per heavy atom. The highest BCUT2D eigenvalue weighted by Gasteiger charge is 2.43. The summed E-state index contributed by atoms with van der Waals surface area (Å²) in [5.41, 5.74) is 5.51. The molecule has 1 aliphatic rings. The zero-order valence-electron chi connectivity index (χ0n) is 11.1. The number of rotatable bonds is 3. The number of ether oxygens (including phenoxy) is 1. The van der Waals surface area contributed by atoms with Crippen LogP contribution in [0.5, 0.6) is 0 Å². The first-order chi connectivity index (χ1) is 10.3. The average molecular weight is 394 g/mol. The summed E-state index contributed by atoms with van der Waals surface area (Å²) in [6.45, 7) is 0.235. The van der Waals surface area contributed by atoms with Crippen LogP contribution < -0.4 is 11.3 Å². The third-order valence-corrected chi connectivity index (χ3v) is 5.45. The molecule has 0 spiro atoms.